The van der Waals surface area contributed by atoms with Gasteiger partial charge in [0.25, 0.3) is 11.6 Å². The number of rotatable bonds is 1. The van der Waals surface area contributed by atoms with Gasteiger partial charge in [-0.15, -0.1) is 0 Å². The molecule has 98 valence electrons. The van der Waals surface area contributed by atoms with Crippen LogP contribution in [-0.4, -0.2) is 9.78 Å². The number of nitrogens with zero attached hydrogens (tertiary/aromatic N) is 3. The molecule has 3 nitrogen and oxygen atoms in total. The second-order valence-electron chi connectivity index (χ2n) is 5.31. The Bertz CT molecular complexity index is 815. The van der Waals surface area contributed by atoms with Crippen LogP contribution >= 0.6 is 0 Å². The Hall–Kier alpha value is -2.42. The van der Waals surface area contributed by atoms with Crippen LogP contribution in [0.1, 0.15) is 17.0 Å². The molecular weight excluding hydrogens is 246 g/mol. The first-order valence-electron chi connectivity index (χ1n) is 6.89. The Morgan fingerprint density at radius 2 is 1.75 bits per heavy atom. The molecule has 1 aliphatic heterocycles. The molecular formula is C17H16N3+. The van der Waals surface area contributed by atoms with E-state index in [1.807, 2.05) is 0 Å². The second-order valence-corrected chi connectivity index (χ2v) is 5.31. The summed E-state index contributed by atoms with van der Waals surface area (Å²) in [5.41, 5.74) is 5.05. The highest BCUT2D eigenvalue weighted by Gasteiger charge is 2.33. The Kier molecular flexibility index (Phi) is 2.30. The van der Waals surface area contributed by atoms with E-state index < -0.39 is 0 Å². The van der Waals surface area contributed by atoms with Gasteiger partial charge >= 0.3 is 0 Å². The number of benzene rings is 2. The largest absolute Gasteiger partial charge is 0.275 e. The quantitative estimate of drug-likeness (QED) is 0.483. The van der Waals surface area contributed by atoms with Crippen LogP contribution in [0.5, 0.6) is 0 Å². The number of hydrogen-bond donors (Lipinski definition) is 0. The normalized spacial score (nSPS) is 12.3. The average Bonchev–Trinajstić information content (AvgIpc) is 2.98. The molecule has 2 heterocycles. The molecule has 0 spiro atoms. The first-order valence-corrected chi connectivity index (χ1v) is 6.89. The standard InChI is InChI=1S/C17H16N3/c1-12-7-3-6-10-16(12)20-17-15-9-5-4-8-14(15)11-19(17)13(2)18-20/h3-10H,11H2,1-2H3/q+1. The minimum atomic E-state index is 0.920. The van der Waals surface area contributed by atoms with E-state index >= 15 is 0 Å². The van der Waals surface area contributed by atoms with Gasteiger partial charge in [-0.2, -0.15) is 0 Å². The Morgan fingerprint density at radius 3 is 2.60 bits per heavy atom. The first-order chi connectivity index (χ1) is 9.75. The van der Waals surface area contributed by atoms with Crippen LogP contribution in [0.25, 0.3) is 17.1 Å². The van der Waals surface area contributed by atoms with Crippen LogP contribution in [0.4, 0.5) is 0 Å². The lowest BCUT2D eigenvalue weighted by atomic mass is 10.1. The lowest BCUT2D eigenvalue weighted by Crippen LogP contribution is -2.33. The third-order valence-corrected chi connectivity index (χ3v) is 4.02. The number of aryl methyl sites for hydroxylation is 2. The van der Waals surface area contributed by atoms with Crippen LogP contribution in [-0.2, 0) is 6.54 Å². The number of hydrogen-bond acceptors (Lipinski definition) is 1. The van der Waals surface area contributed by atoms with E-state index in [1.165, 1.54) is 22.5 Å². The van der Waals surface area contributed by atoms with Gasteiger partial charge in [-0.1, -0.05) is 41.1 Å². The molecule has 0 fully saturated rings. The van der Waals surface area contributed by atoms with Gasteiger partial charge in [-0.05, 0) is 24.6 Å². The van der Waals surface area contributed by atoms with Crippen LogP contribution in [0.3, 0.4) is 0 Å². The molecule has 0 unspecified atom stereocenters. The van der Waals surface area contributed by atoms with E-state index in [0.29, 0.717) is 0 Å². The summed E-state index contributed by atoms with van der Waals surface area (Å²) in [6.07, 6.45) is 0. The van der Waals surface area contributed by atoms with Crippen LogP contribution < -0.4 is 4.57 Å². The van der Waals surface area contributed by atoms with Gasteiger partial charge in [0.15, 0.2) is 0 Å². The lowest BCUT2D eigenvalue weighted by molar-refractivity contribution is -0.678. The molecule has 2 aromatic carbocycles. The van der Waals surface area contributed by atoms with Gasteiger partial charge in [0.1, 0.15) is 5.69 Å². The highest BCUT2D eigenvalue weighted by atomic mass is 15.4. The fraction of sp³-hybridized carbons (Fsp3) is 0.176. The van der Waals surface area contributed by atoms with Crippen molar-refractivity contribution in [3.05, 3.63) is 65.5 Å². The molecule has 0 N–H and O–H groups in total. The van der Waals surface area contributed by atoms with Crippen molar-refractivity contribution >= 4 is 0 Å². The van der Waals surface area contributed by atoms with Crippen molar-refractivity contribution in [2.45, 2.75) is 20.4 Å². The predicted molar refractivity (Wildman–Crippen MR) is 77.8 cm³/mol. The summed E-state index contributed by atoms with van der Waals surface area (Å²) in [6.45, 7) is 5.12. The summed E-state index contributed by atoms with van der Waals surface area (Å²) in [5, 5.41) is 4.74. The van der Waals surface area contributed by atoms with Crippen molar-refractivity contribution in [1.82, 2.24) is 9.78 Å². The second kappa shape index (κ2) is 4.04. The Labute approximate surface area is 118 Å². The zero-order chi connectivity index (χ0) is 13.7. The summed E-state index contributed by atoms with van der Waals surface area (Å²) in [4.78, 5) is 0. The zero-order valence-corrected chi connectivity index (χ0v) is 11.7. The molecule has 0 bridgehead atoms. The molecule has 0 saturated carbocycles. The molecule has 0 radical (unpaired) electrons. The van der Waals surface area contributed by atoms with Gasteiger partial charge in [-0.25, -0.2) is 4.57 Å². The highest BCUT2D eigenvalue weighted by molar-refractivity contribution is 5.62. The minimum absolute atomic E-state index is 0.920. The molecule has 4 rings (SSSR count). The smallest absolute Gasteiger partial charge is 0.223 e. The van der Waals surface area contributed by atoms with Gasteiger partial charge in [0, 0.05) is 17.6 Å². The maximum atomic E-state index is 4.74. The summed E-state index contributed by atoms with van der Waals surface area (Å²) >= 11 is 0. The van der Waals surface area contributed by atoms with Gasteiger partial charge in [0.2, 0.25) is 0 Å². The van der Waals surface area contributed by atoms with E-state index in [-0.39, 0.29) is 0 Å². The van der Waals surface area contributed by atoms with Crippen molar-refractivity contribution in [2.75, 3.05) is 0 Å². The number of aromatic nitrogens is 3. The maximum absolute atomic E-state index is 4.74. The van der Waals surface area contributed by atoms with Crippen LogP contribution in [0, 0.1) is 13.8 Å². The molecule has 0 saturated heterocycles. The molecule has 0 aliphatic carbocycles. The van der Waals surface area contributed by atoms with E-state index in [4.69, 9.17) is 5.10 Å². The van der Waals surface area contributed by atoms with Gasteiger partial charge < -0.3 is 0 Å². The Morgan fingerprint density at radius 1 is 1.00 bits per heavy atom. The molecule has 1 aromatic heterocycles. The summed E-state index contributed by atoms with van der Waals surface area (Å²) in [6, 6.07) is 17.0. The van der Waals surface area contributed by atoms with Gasteiger partial charge in [-0.3, -0.25) is 0 Å². The summed E-state index contributed by atoms with van der Waals surface area (Å²) in [5.74, 6) is 2.24. The Balaban J connectivity index is 2.03. The SMILES string of the molecule is Cc1ccccc1-n1nc(C)[n+]2c1-c1ccccc1C2. The summed E-state index contributed by atoms with van der Waals surface area (Å²) in [7, 11) is 0. The third kappa shape index (κ3) is 1.46. The maximum Gasteiger partial charge on any atom is 0.275 e. The molecule has 3 aromatic rings. The third-order valence-electron chi connectivity index (χ3n) is 4.02. The number of para-hydroxylation sites is 1. The molecule has 0 atom stereocenters. The van der Waals surface area contributed by atoms with Crippen molar-refractivity contribution in [3.8, 4) is 17.1 Å². The molecule has 1 aliphatic rings. The fourth-order valence-corrected chi connectivity index (χ4v) is 2.98. The van der Waals surface area contributed by atoms with Crippen molar-refractivity contribution < 1.29 is 4.57 Å². The van der Waals surface area contributed by atoms with Crippen LogP contribution in [0.2, 0.25) is 0 Å². The van der Waals surface area contributed by atoms with Crippen molar-refractivity contribution in [3.63, 3.8) is 0 Å². The molecule has 3 heteroatoms. The fourth-order valence-electron chi connectivity index (χ4n) is 2.98. The van der Waals surface area contributed by atoms with E-state index in [0.717, 1.165) is 18.1 Å². The van der Waals surface area contributed by atoms with Crippen molar-refractivity contribution in [2.24, 2.45) is 0 Å². The number of fused-ring (bicyclic) bond motifs is 3. The average molecular weight is 262 g/mol. The first kappa shape index (κ1) is 11.4. The monoisotopic (exact) mass is 262 g/mol. The topological polar surface area (TPSA) is 21.7 Å². The van der Waals surface area contributed by atoms with Crippen molar-refractivity contribution in [1.29, 1.82) is 0 Å². The van der Waals surface area contributed by atoms with Crippen LogP contribution in [0.15, 0.2) is 48.5 Å². The minimum Gasteiger partial charge on any atom is -0.223 e. The van der Waals surface area contributed by atoms with Gasteiger partial charge in [0.05, 0.1) is 12.1 Å². The zero-order valence-electron chi connectivity index (χ0n) is 11.7. The summed E-state index contributed by atoms with van der Waals surface area (Å²) < 4.78 is 4.37. The molecule has 20 heavy (non-hydrogen) atoms. The van der Waals surface area contributed by atoms with E-state index in [1.54, 1.807) is 0 Å². The lowest BCUT2D eigenvalue weighted by Gasteiger charge is -2.01. The van der Waals surface area contributed by atoms with E-state index in [9.17, 15) is 0 Å². The van der Waals surface area contributed by atoms with E-state index in [2.05, 4.69) is 71.6 Å². The molecule has 0 amide bonds. The predicted octanol–water partition coefficient (Wildman–Crippen LogP) is 2.81. The highest BCUT2D eigenvalue weighted by Crippen LogP contribution is 2.29.